The van der Waals surface area contributed by atoms with Crippen LogP contribution in [0.25, 0.3) is 0 Å². The number of rotatable bonds is 7. The summed E-state index contributed by atoms with van der Waals surface area (Å²) in [5.74, 6) is 1.10. The van der Waals surface area contributed by atoms with Crippen LogP contribution in [0.5, 0.6) is 0 Å². The van der Waals surface area contributed by atoms with Crippen molar-refractivity contribution in [1.82, 2.24) is 16.0 Å². The summed E-state index contributed by atoms with van der Waals surface area (Å²) in [5.41, 5.74) is 0. The Morgan fingerprint density at radius 1 is 1.04 bits per heavy atom. The van der Waals surface area contributed by atoms with E-state index in [2.05, 4.69) is 22.9 Å². The molecule has 0 aromatic rings. The van der Waals surface area contributed by atoms with E-state index in [1.165, 1.54) is 25.7 Å². The predicted octanol–water partition coefficient (Wildman–Crippen LogP) is 2.39. The zero-order chi connectivity index (χ0) is 16.7. The number of hydrogen-bond donors (Lipinski definition) is 3. The SMILES string of the molecule is CNC(C)CNC(=O)C1CCC(NC(=O)CC2CCCC2)CC1.Cl. The molecule has 0 aromatic carbocycles. The Morgan fingerprint density at radius 2 is 1.67 bits per heavy atom. The van der Waals surface area contributed by atoms with Crippen molar-refractivity contribution in [3.8, 4) is 0 Å². The number of carbonyl (C=O) groups is 2. The van der Waals surface area contributed by atoms with Gasteiger partial charge in [-0.1, -0.05) is 12.8 Å². The molecule has 2 rings (SSSR count). The Kier molecular flexibility index (Phi) is 9.67. The summed E-state index contributed by atoms with van der Waals surface area (Å²) >= 11 is 0. The van der Waals surface area contributed by atoms with Crippen LogP contribution in [0.4, 0.5) is 0 Å². The number of amides is 2. The fourth-order valence-electron chi connectivity index (χ4n) is 3.76. The molecule has 0 spiro atoms. The van der Waals surface area contributed by atoms with E-state index in [4.69, 9.17) is 0 Å². The third-order valence-corrected chi connectivity index (χ3v) is 5.49. The number of hydrogen-bond acceptors (Lipinski definition) is 3. The highest BCUT2D eigenvalue weighted by atomic mass is 35.5. The highest BCUT2D eigenvalue weighted by Crippen LogP contribution is 2.28. The molecule has 2 aliphatic carbocycles. The molecule has 1 unspecified atom stereocenters. The highest BCUT2D eigenvalue weighted by Gasteiger charge is 2.27. The van der Waals surface area contributed by atoms with Crippen molar-refractivity contribution in [2.75, 3.05) is 13.6 Å². The summed E-state index contributed by atoms with van der Waals surface area (Å²) in [6.07, 6.45) is 9.31. The van der Waals surface area contributed by atoms with Crippen LogP contribution < -0.4 is 16.0 Å². The molecule has 3 N–H and O–H groups in total. The summed E-state index contributed by atoms with van der Waals surface area (Å²) in [6.45, 7) is 2.73. The summed E-state index contributed by atoms with van der Waals surface area (Å²) in [5, 5.41) is 9.32. The van der Waals surface area contributed by atoms with E-state index < -0.39 is 0 Å². The normalized spacial score (nSPS) is 25.6. The molecule has 0 aliphatic heterocycles. The monoisotopic (exact) mass is 359 g/mol. The Bertz CT molecular complexity index is 392. The molecule has 2 saturated carbocycles. The molecule has 1 atom stereocenters. The molecular weight excluding hydrogens is 326 g/mol. The lowest BCUT2D eigenvalue weighted by Crippen LogP contribution is -2.43. The minimum Gasteiger partial charge on any atom is -0.354 e. The number of nitrogens with one attached hydrogen (secondary N) is 3. The van der Waals surface area contributed by atoms with Crippen molar-refractivity contribution < 1.29 is 9.59 Å². The maximum absolute atomic E-state index is 12.2. The maximum Gasteiger partial charge on any atom is 0.223 e. The largest absolute Gasteiger partial charge is 0.354 e. The average Bonchev–Trinajstić information content (AvgIpc) is 3.05. The maximum atomic E-state index is 12.2. The number of carbonyl (C=O) groups excluding carboxylic acids is 2. The van der Waals surface area contributed by atoms with Gasteiger partial charge in [-0.25, -0.2) is 0 Å². The minimum atomic E-state index is 0. The zero-order valence-electron chi connectivity index (χ0n) is 15.1. The van der Waals surface area contributed by atoms with E-state index >= 15 is 0 Å². The van der Waals surface area contributed by atoms with Gasteiger partial charge in [0, 0.05) is 31.0 Å². The van der Waals surface area contributed by atoms with Gasteiger partial charge in [-0.3, -0.25) is 9.59 Å². The van der Waals surface area contributed by atoms with E-state index in [-0.39, 0.29) is 36.2 Å². The first-order chi connectivity index (χ1) is 11.1. The summed E-state index contributed by atoms with van der Waals surface area (Å²) in [4.78, 5) is 24.2. The average molecular weight is 360 g/mol. The summed E-state index contributed by atoms with van der Waals surface area (Å²) in [6, 6.07) is 0.564. The molecule has 2 amide bonds. The van der Waals surface area contributed by atoms with Gasteiger partial charge in [-0.2, -0.15) is 0 Å². The molecule has 0 aromatic heterocycles. The molecule has 0 bridgehead atoms. The molecule has 2 aliphatic rings. The van der Waals surface area contributed by atoms with E-state index in [0.717, 1.165) is 25.7 Å². The van der Waals surface area contributed by atoms with Crippen molar-refractivity contribution in [2.45, 2.75) is 76.8 Å². The smallest absolute Gasteiger partial charge is 0.223 e. The van der Waals surface area contributed by atoms with Gasteiger partial charge in [-0.05, 0) is 58.4 Å². The molecule has 0 radical (unpaired) electrons. The Balaban J connectivity index is 0.00000288. The first-order valence-electron chi connectivity index (χ1n) is 9.32. The molecule has 24 heavy (non-hydrogen) atoms. The molecular formula is C18H34ClN3O2. The second-order valence-corrected chi connectivity index (χ2v) is 7.41. The van der Waals surface area contributed by atoms with Crippen LogP contribution in [0.15, 0.2) is 0 Å². The van der Waals surface area contributed by atoms with E-state index in [1.807, 2.05) is 7.05 Å². The lowest BCUT2D eigenvalue weighted by molar-refractivity contribution is -0.126. The fraction of sp³-hybridized carbons (Fsp3) is 0.889. The van der Waals surface area contributed by atoms with Crippen LogP contribution in [0.1, 0.15) is 64.7 Å². The van der Waals surface area contributed by atoms with Crippen LogP contribution in [-0.4, -0.2) is 37.5 Å². The molecule has 6 heteroatoms. The van der Waals surface area contributed by atoms with Crippen LogP contribution in [0.2, 0.25) is 0 Å². The highest BCUT2D eigenvalue weighted by molar-refractivity contribution is 5.85. The van der Waals surface area contributed by atoms with Gasteiger partial charge in [0.1, 0.15) is 0 Å². The second-order valence-electron chi connectivity index (χ2n) is 7.41. The van der Waals surface area contributed by atoms with Crippen LogP contribution in [-0.2, 0) is 9.59 Å². The second kappa shape index (κ2) is 10.9. The topological polar surface area (TPSA) is 70.2 Å². The number of halogens is 1. The Hall–Kier alpha value is -0.810. The van der Waals surface area contributed by atoms with Gasteiger partial charge < -0.3 is 16.0 Å². The van der Waals surface area contributed by atoms with Gasteiger partial charge in [0.15, 0.2) is 0 Å². The quantitative estimate of drug-likeness (QED) is 0.653. The van der Waals surface area contributed by atoms with Gasteiger partial charge in [-0.15, -0.1) is 12.4 Å². The van der Waals surface area contributed by atoms with Gasteiger partial charge in [0.25, 0.3) is 0 Å². The molecule has 0 heterocycles. The van der Waals surface area contributed by atoms with Crippen molar-refractivity contribution in [1.29, 1.82) is 0 Å². The van der Waals surface area contributed by atoms with E-state index in [9.17, 15) is 9.59 Å². The predicted molar refractivity (Wildman–Crippen MR) is 99.2 cm³/mol. The van der Waals surface area contributed by atoms with Crippen LogP contribution >= 0.6 is 12.4 Å². The van der Waals surface area contributed by atoms with Crippen LogP contribution in [0, 0.1) is 11.8 Å². The zero-order valence-corrected chi connectivity index (χ0v) is 15.9. The number of likely N-dealkylation sites (N-methyl/N-ethyl adjacent to an activating group) is 1. The Labute approximate surface area is 152 Å². The van der Waals surface area contributed by atoms with Crippen LogP contribution in [0.3, 0.4) is 0 Å². The summed E-state index contributed by atoms with van der Waals surface area (Å²) in [7, 11) is 1.90. The lowest BCUT2D eigenvalue weighted by Gasteiger charge is -2.29. The fourth-order valence-corrected chi connectivity index (χ4v) is 3.76. The molecule has 140 valence electrons. The Morgan fingerprint density at radius 3 is 2.25 bits per heavy atom. The molecule has 0 saturated heterocycles. The van der Waals surface area contributed by atoms with Gasteiger partial charge in [0.05, 0.1) is 0 Å². The molecule has 5 nitrogen and oxygen atoms in total. The van der Waals surface area contributed by atoms with Gasteiger partial charge in [0.2, 0.25) is 11.8 Å². The summed E-state index contributed by atoms with van der Waals surface area (Å²) < 4.78 is 0. The first kappa shape index (κ1) is 21.2. The minimum absolute atomic E-state index is 0. The lowest BCUT2D eigenvalue weighted by atomic mass is 9.85. The third-order valence-electron chi connectivity index (χ3n) is 5.49. The van der Waals surface area contributed by atoms with Crippen molar-refractivity contribution in [2.24, 2.45) is 11.8 Å². The van der Waals surface area contributed by atoms with Crippen molar-refractivity contribution in [3.63, 3.8) is 0 Å². The first-order valence-corrected chi connectivity index (χ1v) is 9.32. The third kappa shape index (κ3) is 6.98. The van der Waals surface area contributed by atoms with E-state index in [1.54, 1.807) is 0 Å². The van der Waals surface area contributed by atoms with E-state index in [0.29, 0.717) is 24.9 Å². The molecule has 2 fully saturated rings. The van der Waals surface area contributed by atoms with Crippen molar-refractivity contribution >= 4 is 24.2 Å². The standard InChI is InChI=1S/C18H33N3O2.ClH/c1-13(19-2)12-20-18(23)15-7-9-16(10-8-15)21-17(22)11-14-5-3-4-6-14;/h13-16,19H,3-12H2,1-2H3,(H,20,23)(H,21,22);1H. The van der Waals surface area contributed by atoms with Crippen molar-refractivity contribution in [3.05, 3.63) is 0 Å². The van der Waals surface area contributed by atoms with Gasteiger partial charge >= 0.3 is 0 Å².